The van der Waals surface area contributed by atoms with Crippen LogP contribution in [0.25, 0.3) is 0 Å². The van der Waals surface area contributed by atoms with E-state index in [4.69, 9.17) is 0 Å². The molecule has 0 aromatic heterocycles. The fourth-order valence-electron chi connectivity index (χ4n) is 3.03. The number of rotatable bonds is 9. The first-order valence-corrected chi connectivity index (χ1v) is 8.93. The first-order chi connectivity index (χ1) is 9.49. The molecule has 0 aliphatic carbocycles. The Bertz CT molecular complexity index is 236. The van der Waals surface area contributed by atoms with Crippen LogP contribution in [0.4, 0.5) is 0 Å². The van der Waals surface area contributed by atoms with Crippen LogP contribution in [0.5, 0.6) is 0 Å². The van der Waals surface area contributed by atoms with Crippen molar-refractivity contribution in [2.45, 2.75) is 72.6 Å². The van der Waals surface area contributed by atoms with Crippen LogP contribution >= 0.6 is 0 Å². The van der Waals surface area contributed by atoms with Crippen LogP contribution in [-0.2, 0) is 0 Å². The van der Waals surface area contributed by atoms with Crippen LogP contribution < -0.4 is 5.32 Å². The Labute approximate surface area is 127 Å². The van der Waals surface area contributed by atoms with Gasteiger partial charge in [-0.2, -0.15) is 0 Å². The molecule has 1 aliphatic rings. The summed E-state index contributed by atoms with van der Waals surface area (Å²) in [5.74, 6) is 0.780. The highest BCUT2D eigenvalue weighted by Gasteiger charge is 2.22. The molecule has 1 N–H and O–H groups in total. The molecular weight excluding hydrogens is 244 g/mol. The average molecular weight is 283 g/mol. The summed E-state index contributed by atoms with van der Waals surface area (Å²) in [7, 11) is 0. The van der Waals surface area contributed by atoms with Crippen molar-refractivity contribution in [3.05, 3.63) is 0 Å². The molecule has 0 unspecified atom stereocenters. The third-order valence-electron chi connectivity index (χ3n) is 4.56. The number of hydrogen-bond donors (Lipinski definition) is 1. The highest BCUT2D eigenvalue weighted by molar-refractivity contribution is 4.76. The predicted molar refractivity (Wildman–Crippen MR) is 90.2 cm³/mol. The van der Waals surface area contributed by atoms with Gasteiger partial charge in [-0.1, -0.05) is 40.5 Å². The molecule has 0 amide bonds. The van der Waals surface area contributed by atoms with Crippen molar-refractivity contribution >= 4 is 0 Å². The van der Waals surface area contributed by atoms with Crippen LogP contribution in [0.15, 0.2) is 0 Å². The van der Waals surface area contributed by atoms with Crippen molar-refractivity contribution in [1.29, 1.82) is 0 Å². The van der Waals surface area contributed by atoms with Gasteiger partial charge in [-0.15, -0.1) is 0 Å². The van der Waals surface area contributed by atoms with Crippen molar-refractivity contribution in [1.82, 2.24) is 10.2 Å². The molecule has 0 aromatic rings. The zero-order valence-electron chi connectivity index (χ0n) is 14.5. The smallest absolute Gasteiger partial charge is 0.00136 e. The van der Waals surface area contributed by atoms with E-state index in [2.05, 4.69) is 37.9 Å². The van der Waals surface area contributed by atoms with Gasteiger partial charge >= 0.3 is 0 Å². The van der Waals surface area contributed by atoms with Crippen LogP contribution in [0.3, 0.4) is 0 Å². The molecule has 1 rings (SSSR count). The lowest BCUT2D eigenvalue weighted by Gasteiger charge is -2.23. The third kappa shape index (κ3) is 8.97. The largest absolute Gasteiger partial charge is 0.316 e. The van der Waals surface area contributed by atoms with Gasteiger partial charge in [0, 0.05) is 0 Å². The van der Waals surface area contributed by atoms with Gasteiger partial charge in [0.15, 0.2) is 0 Å². The van der Waals surface area contributed by atoms with Crippen molar-refractivity contribution in [3.63, 3.8) is 0 Å². The zero-order valence-corrected chi connectivity index (χ0v) is 14.5. The second-order valence-corrected chi connectivity index (χ2v) is 7.87. The number of nitrogens with one attached hydrogen (secondary N) is 1. The molecule has 0 saturated carbocycles. The summed E-state index contributed by atoms with van der Waals surface area (Å²) >= 11 is 0. The SMILES string of the molecule is CC(C)CNCCCCCCN1CCCC(C)(C)CC1. The first-order valence-electron chi connectivity index (χ1n) is 8.93. The van der Waals surface area contributed by atoms with Crippen molar-refractivity contribution < 1.29 is 0 Å². The van der Waals surface area contributed by atoms with Crippen molar-refractivity contribution in [3.8, 4) is 0 Å². The Morgan fingerprint density at radius 2 is 1.75 bits per heavy atom. The highest BCUT2D eigenvalue weighted by atomic mass is 15.1. The zero-order chi connectivity index (χ0) is 14.8. The average Bonchev–Trinajstić information content (AvgIpc) is 2.53. The maximum atomic E-state index is 3.53. The predicted octanol–water partition coefficient (Wildman–Crippen LogP) is 4.30. The lowest BCUT2D eigenvalue weighted by molar-refractivity contribution is 0.257. The highest BCUT2D eigenvalue weighted by Crippen LogP contribution is 2.29. The summed E-state index contributed by atoms with van der Waals surface area (Å²) in [4.78, 5) is 2.70. The molecular formula is C18H38N2. The van der Waals surface area contributed by atoms with Crippen molar-refractivity contribution in [2.24, 2.45) is 11.3 Å². The van der Waals surface area contributed by atoms with E-state index in [9.17, 15) is 0 Å². The molecule has 0 radical (unpaired) electrons. The molecule has 1 saturated heterocycles. The third-order valence-corrected chi connectivity index (χ3v) is 4.56. The van der Waals surface area contributed by atoms with E-state index < -0.39 is 0 Å². The summed E-state index contributed by atoms with van der Waals surface area (Å²) in [5, 5.41) is 3.53. The minimum absolute atomic E-state index is 0.580. The quantitative estimate of drug-likeness (QED) is 0.634. The lowest BCUT2D eigenvalue weighted by atomic mass is 9.85. The monoisotopic (exact) mass is 282 g/mol. The summed E-state index contributed by atoms with van der Waals surface area (Å²) in [6.07, 6.45) is 9.72. The van der Waals surface area contributed by atoms with Crippen LogP contribution in [0, 0.1) is 11.3 Å². The Kier molecular flexibility index (Phi) is 8.79. The topological polar surface area (TPSA) is 15.3 Å². The van der Waals surface area contributed by atoms with Gasteiger partial charge in [-0.3, -0.25) is 0 Å². The number of unbranched alkanes of at least 4 members (excludes halogenated alkanes) is 3. The Balaban J connectivity index is 1.93. The molecule has 2 nitrogen and oxygen atoms in total. The first kappa shape index (κ1) is 18.0. The van der Waals surface area contributed by atoms with Gasteiger partial charge in [0.25, 0.3) is 0 Å². The molecule has 1 heterocycles. The Hall–Kier alpha value is -0.0800. The normalized spacial score (nSPS) is 20.2. The van der Waals surface area contributed by atoms with Crippen LogP contribution in [-0.4, -0.2) is 37.6 Å². The van der Waals surface area contributed by atoms with E-state index in [-0.39, 0.29) is 0 Å². The number of nitrogens with zero attached hydrogens (tertiary/aromatic N) is 1. The van der Waals surface area contributed by atoms with E-state index in [1.807, 2.05) is 0 Å². The van der Waals surface area contributed by atoms with Gasteiger partial charge in [-0.25, -0.2) is 0 Å². The second kappa shape index (κ2) is 9.78. The van der Waals surface area contributed by atoms with Crippen LogP contribution in [0.1, 0.15) is 72.6 Å². The molecule has 0 bridgehead atoms. The van der Waals surface area contributed by atoms with E-state index in [1.54, 1.807) is 0 Å². The number of likely N-dealkylation sites (tertiary alicyclic amines) is 1. The van der Waals surface area contributed by atoms with Gasteiger partial charge in [0.2, 0.25) is 0 Å². The minimum atomic E-state index is 0.580. The van der Waals surface area contributed by atoms with E-state index >= 15 is 0 Å². The Morgan fingerprint density at radius 3 is 2.50 bits per heavy atom. The summed E-state index contributed by atoms with van der Waals surface area (Å²) in [6.45, 7) is 15.8. The fraction of sp³-hybridized carbons (Fsp3) is 1.00. The van der Waals surface area contributed by atoms with Gasteiger partial charge < -0.3 is 10.2 Å². The fourth-order valence-corrected chi connectivity index (χ4v) is 3.03. The van der Waals surface area contributed by atoms with E-state index in [1.165, 1.54) is 77.7 Å². The standard InChI is InChI=1S/C18H38N2/c1-17(2)16-19-12-7-5-6-8-13-20-14-9-10-18(3,4)11-15-20/h17,19H,5-16H2,1-4H3. The molecule has 120 valence electrons. The molecule has 0 atom stereocenters. The maximum absolute atomic E-state index is 3.53. The molecule has 1 fully saturated rings. The summed E-state index contributed by atoms with van der Waals surface area (Å²) in [5.41, 5.74) is 0.580. The van der Waals surface area contributed by atoms with Crippen molar-refractivity contribution in [2.75, 3.05) is 32.7 Å². The maximum Gasteiger partial charge on any atom is -0.00136 e. The molecule has 0 spiro atoms. The van der Waals surface area contributed by atoms with Crippen LogP contribution in [0.2, 0.25) is 0 Å². The van der Waals surface area contributed by atoms with Gasteiger partial charge in [-0.05, 0) is 76.2 Å². The molecule has 1 aliphatic heterocycles. The molecule has 2 heteroatoms. The van der Waals surface area contributed by atoms with E-state index in [0.717, 1.165) is 5.92 Å². The lowest BCUT2D eigenvalue weighted by Crippen LogP contribution is -2.26. The molecule has 20 heavy (non-hydrogen) atoms. The van der Waals surface area contributed by atoms with E-state index in [0.29, 0.717) is 5.41 Å². The van der Waals surface area contributed by atoms with Gasteiger partial charge in [0.1, 0.15) is 0 Å². The van der Waals surface area contributed by atoms with Gasteiger partial charge in [0.05, 0.1) is 0 Å². The summed E-state index contributed by atoms with van der Waals surface area (Å²) in [6, 6.07) is 0. The molecule has 0 aromatic carbocycles. The second-order valence-electron chi connectivity index (χ2n) is 7.87. The number of hydrogen-bond acceptors (Lipinski definition) is 2. The summed E-state index contributed by atoms with van der Waals surface area (Å²) < 4.78 is 0. The minimum Gasteiger partial charge on any atom is -0.316 e. The Morgan fingerprint density at radius 1 is 1.00 bits per heavy atom.